The second-order valence-electron chi connectivity index (χ2n) is 8.41. The molecule has 2 aliphatic carbocycles. The highest BCUT2D eigenvalue weighted by Gasteiger charge is 2.25. The van der Waals surface area contributed by atoms with Gasteiger partial charge in [-0.3, -0.25) is 0 Å². The van der Waals surface area contributed by atoms with E-state index in [0.717, 1.165) is 42.2 Å². The summed E-state index contributed by atoms with van der Waals surface area (Å²) in [5.41, 5.74) is 4.87. The number of hydrogen-bond acceptors (Lipinski definition) is 1. The molecular formula is C25H28FN. The summed E-state index contributed by atoms with van der Waals surface area (Å²) in [6, 6.07) is 14.8. The van der Waals surface area contributed by atoms with Gasteiger partial charge in [-0.2, -0.15) is 5.26 Å². The molecule has 1 atom stereocenters. The lowest BCUT2D eigenvalue weighted by Crippen LogP contribution is -2.15. The summed E-state index contributed by atoms with van der Waals surface area (Å²) in [6.45, 7) is 2.31. The molecule has 2 aliphatic rings. The first-order valence-corrected chi connectivity index (χ1v) is 10.5. The molecule has 4 rings (SSSR count). The van der Waals surface area contributed by atoms with Crippen LogP contribution in [0.1, 0.15) is 85.1 Å². The van der Waals surface area contributed by atoms with Gasteiger partial charge in [0, 0.05) is 0 Å². The van der Waals surface area contributed by atoms with E-state index < -0.39 is 0 Å². The molecule has 1 saturated carbocycles. The third-order valence-electron chi connectivity index (χ3n) is 6.97. The summed E-state index contributed by atoms with van der Waals surface area (Å²) in [7, 11) is 0. The minimum absolute atomic E-state index is 0.175. The number of hydrogen-bond donors (Lipinski definition) is 0. The smallest absolute Gasteiger partial charge is 0.144 e. The number of benzene rings is 2. The van der Waals surface area contributed by atoms with Crippen molar-refractivity contribution in [2.45, 2.75) is 70.1 Å². The van der Waals surface area contributed by atoms with E-state index in [1.54, 1.807) is 6.07 Å². The van der Waals surface area contributed by atoms with Crippen molar-refractivity contribution in [3.8, 4) is 6.07 Å². The van der Waals surface area contributed by atoms with Gasteiger partial charge in [-0.25, -0.2) is 4.39 Å². The molecule has 1 unspecified atom stereocenters. The van der Waals surface area contributed by atoms with Gasteiger partial charge in [0.05, 0.1) is 5.56 Å². The highest BCUT2D eigenvalue weighted by Crippen LogP contribution is 2.39. The van der Waals surface area contributed by atoms with Crippen molar-refractivity contribution >= 4 is 0 Å². The third-order valence-corrected chi connectivity index (χ3v) is 6.97. The third kappa shape index (κ3) is 3.65. The predicted molar refractivity (Wildman–Crippen MR) is 107 cm³/mol. The lowest BCUT2D eigenvalue weighted by molar-refractivity contribution is 0.319. The van der Waals surface area contributed by atoms with E-state index in [1.807, 2.05) is 12.1 Å². The molecule has 0 bridgehead atoms. The van der Waals surface area contributed by atoms with Gasteiger partial charge in [0.25, 0.3) is 0 Å². The van der Waals surface area contributed by atoms with E-state index in [1.165, 1.54) is 43.2 Å². The Labute approximate surface area is 162 Å². The molecular weight excluding hydrogens is 333 g/mol. The Morgan fingerprint density at radius 3 is 2.22 bits per heavy atom. The summed E-state index contributed by atoms with van der Waals surface area (Å²) < 4.78 is 14.4. The molecule has 0 saturated heterocycles. The molecule has 0 amide bonds. The highest BCUT2D eigenvalue weighted by atomic mass is 19.1. The first-order chi connectivity index (χ1) is 13.2. The van der Waals surface area contributed by atoms with Gasteiger partial charge in [-0.1, -0.05) is 43.7 Å². The second kappa shape index (κ2) is 7.85. The van der Waals surface area contributed by atoms with E-state index in [-0.39, 0.29) is 11.4 Å². The molecule has 0 N–H and O–H groups in total. The largest absolute Gasteiger partial charge is 0.205 e. The molecule has 1 nitrogen and oxygen atoms in total. The Hall–Kier alpha value is -2.14. The number of nitrogens with zero attached hydrogens (tertiary/aromatic N) is 1. The zero-order valence-corrected chi connectivity index (χ0v) is 16.2. The zero-order valence-electron chi connectivity index (χ0n) is 16.2. The van der Waals surface area contributed by atoms with Gasteiger partial charge >= 0.3 is 0 Å². The standard InChI is InChI=1S/C25H28FN/c1-2-17-3-5-18(6-4-17)19-7-9-20(10-8-19)21-13-14-24-22(15-21)11-12-23(16-27)25(24)26/h7-12,17-18,21H,2-6,13-15H2,1H3. The Balaban J connectivity index is 1.46. The van der Waals surface area contributed by atoms with E-state index in [4.69, 9.17) is 5.26 Å². The summed E-state index contributed by atoms with van der Waals surface area (Å²) >= 11 is 0. The maximum absolute atomic E-state index is 14.4. The normalized spacial score (nSPS) is 24.9. The number of fused-ring (bicyclic) bond motifs is 1. The molecule has 27 heavy (non-hydrogen) atoms. The summed E-state index contributed by atoms with van der Waals surface area (Å²) in [6.07, 6.45) is 9.29. The number of rotatable bonds is 3. The average Bonchev–Trinajstić information content (AvgIpc) is 2.74. The SMILES string of the molecule is CCC1CCC(c2ccc(C3CCc4c(ccc(C#N)c4F)C3)cc2)CC1. The summed E-state index contributed by atoms with van der Waals surface area (Å²) in [5, 5.41) is 9.02. The van der Waals surface area contributed by atoms with Crippen LogP contribution in [-0.4, -0.2) is 0 Å². The molecule has 2 aromatic carbocycles. The minimum atomic E-state index is -0.300. The van der Waals surface area contributed by atoms with Crippen molar-refractivity contribution in [1.29, 1.82) is 5.26 Å². The van der Waals surface area contributed by atoms with Crippen LogP contribution in [0, 0.1) is 23.1 Å². The second-order valence-corrected chi connectivity index (χ2v) is 8.41. The van der Waals surface area contributed by atoms with Gasteiger partial charge < -0.3 is 0 Å². The van der Waals surface area contributed by atoms with Crippen molar-refractivity contribution in [1.82, 2.24) is 0 Å². The summed E-state index contributed by atoms with van der Waals surface area (Å²) in [5.74, 6) is 1.82. The number of halogens is 1. The fourth-order valence-corrected chi connectivity index (χ4v) is 5.12. The van der Waals surface area contributed by atoms with Gasteiger partial charge in [-0.15, -0.1) is 0 Å². The molecule has 0 aliphatic heterocycles. The molecule has 0 aromatic heterocycles. The van der Waals surface area contributed by atoms with Crippen molar-refractivity contribution in [3.05, 3.63) is 70.0 Å². The quantitative estimate of drug-likeness (QED) is 0.600. The molecule has 1 fully saturated rings. The van der Waals surface area contributed by atoms with Crippen LogP contribution in [0.25, 0.3) is 0 Å². The first kappa shape index (κ1) is 18.2. The van der Waals surface area contributed by atoms with Gasteiger partial charge in [0.1, 0.15) is 11.9 Å². The zero-order chi connectivity index (χ0) is 18.8. The minimum Gasteiger partial charge on any atom is -0.205 e. The van der Waals surface area contributed by atoms with E-state index >= 15 is 0 Å². The predicted octanol–water partition coefficient (Wildman–Crippen LogP) is 6.65. The fraction of sp³-hybridized carbons (Fsp3) is 0.480. The first-order valence-electron chi connectivity index (χ1n) is 10.5. The van der Waals surface area contributed by atoms with Crippen molar-refractivity contribution in [2.24, 2.45) is 5.92 Å². The van der Waals surface area contributed by atoms with Crippen LogP contribution in [0.15, 0.2) is 36.4 Å². The monoisotopic (exact) mass is 361 g/mol. The van der Waals surface area contributed by atoms with Gasteiger partial charge in [0.15, 0.2) is 0 Å². The molecule has 140 valence electrons. The van der Waals surface area contributed by atoms with E-state index in [0.29, 0.717) is 5.92 Å². The van der Waals surface area contributed by atoms with Crippen molar-refractivity contribution in [3.63, 3.8) is 0 Å². The maximum atomic E-state index is 14.4. The Bertz CT molecular complexity index is 838. The summed E-state index contributed by atoms with van der Waals surface area (Å²) in [4.78, 5) is 0. The van der Waals surface area contributed by atoms with Crippen LogP contribution in [0.3, 0.4) is 0 Å². The van der Waals surface area contributed by atoms with Crippen LogP contribution in [0.4, 0.5) is 4.39 Å². The molecule has 2 aromatic rings. The van der Waals surface area contributed by atoms with E-state index in [2.05, 4.69) is 31.2 Å². The van der Waals surface area contributed by atoms with Crippen LogP contribution >= 0.6 is 0 Å². The number of nitriles is 1. The maximum Gasteiger partial charge on any atom is 0.144 e. The van der Waals surface area contributed by atoms with Crippen LogP contribution in [0.2, 0.25) is 0 Å². The lowest BCUT2D eigenvalue weighted by Gasteiger charge is -2.29. The molecule has 2 heteroatoms. The van der Waals surface area contributed by atoms with Crippen LogP contribution in [0.5, 0.6) is 0 Å². The molecule has 0 radical (unpaired) electrons. The Kier molecular flexibility index (Phi) is 5.30. The Morgan fingerprint density at radius 2 is 1.59 bits per heavy atom. The van der Waals surface area contributed by atoms with Gasteiger partial charge in [0.2, 0.25) is 0 Å². The Morgan fingerprint density at radius 1 is 0.926 bits per heavy atom. The van der Waals surface area contributed by atoms with Crippen molar-refractivity contribution < 1.29 is 4.39 Å². The average molecular weight is 362 g/mol. The van der Waals surface area contributed by atoms with E-state index in [9.17, 15) is 4.39 Å². The van der Waals surface area contributed by atoms with Crippen molar-refractivity contribution in [2.75, 3.05) is 0 Å². The molecule has 0 heterocycles. The fourth-order valence-electron chi connectivity index (χ4n) is 5.12. The lowest BCUT2D eigenvalue weighted by atomic mass is 9.76. The van der Waals surface area contributed by atoms with Gasteiger partial charge in [-0.05, 0) is 91.0 Å². The van der Waals surface area contributed by atoms with Crippen LogP contribution in [-0.2, 0) is 12.8 Å². The topological polar surface area (TPSA) is 23.8 Å². The molecule has 0 spiro atoms. The van der Waals surface area contributed by atoms with Crippen LogP contribution < -0.4 is 0 Å². The highest BCUT2D eigenvalue weighted by molar-refractivity contribution is 5.43.